The lowest BCUT2D eigenvalue weighted by molar-refractivity contribution is -0.144. The molecular formula is C11H20N2O3. The summed E-state index contributed by atoms with van der Waals surface area (Å²) in [7, 11) is 1.32. The van der Waals surface area contributed by atoms with Crippen molar-refractivity contribution in [1.82, 2.24) is 10.6 Å². The molecule has 0 aromatic carbocycles. The van der Waals surface area contributed by atoms with Gasteiger partial charge in [-0.1, -0.05) is 0 Å². The zero-order chi connectivity index (χ0) is 12.0. The molecule has 1 heterocycles. The number of ether oxygens (including phenoxy) is 1. The lowest BCUT2D eigenvalue weighted by Crippen LogP contribution is -2.40. The Balaban J connectivity index is 2.26. The normalized spacial score (nSPS) is 18.9. The van der Waals surface area contributed by atoms with Gasteiger partial charge in [0, 0.05) is 6.42 Å². The van der Waals surface area contributed by atoms with Crippen molar-refractivity contribution in [2.75, 3.05) is 20.2 Å². The van der Waals surface area contributed by atoms with Gasteiger partial charge in [0.1, 0.15) is 6.04 Å². The van der Waals surface area contributed by atoms with E-state index in [0.717, 1.165) is 25.9 Å². The van der Waals surface area contributed by atoms with E-state index in [1.54, 1.807) is 6.92 Å². The molecule has 1 unspecified atom stereocenters. The average Bonchev–Trinajstić information content (AvgIpc) is 2.29. The van der Waals surface area contributed by atoms with Crippen molar-refractivity contribution in [3.05, 3.63) is 0 Å². The van der Waals surface area contributed by atoms with Crippen molar-refractivity contribution in [3.63, 3.8) is 0 Å². The molecule has 5 nitrogen and oxygen atoms in total. The van der Waals surface area contributed by atoms with Gasteiger partial charge in [-0.15, -0.1) is 0 Å². The van der Waals surface area contributed by atoms with Crippen LogP contribution in [0.4, 0.5) is 0 Å². The molecule has 1 fully saturated rings. The summed E-state index contributed by atoms with van der Waals surface area (Å²) >= 11 is 0. The van der Waals surface area contributed by atoms with Crippen LogP contribution in [-0.4, -0.2) is 38.1 Å². The third-order valence-corrected chi connectivity index (χ3v) is 2.87. The molecule has 16 heavy (non-hydrogen) atoms. The lowest BCUT2D eigenvalue weighted by atomic mass is 9.94. The standard InChI is InChI=1S/C11H20N2O3/c1-8(11(15)16-2)13-10(14)7-9-3-5-12-6-4-9/h8-9,12H,3-7H2,1-2H3,(H,13,14). The first-order chi connectivity index (χ1) is 7.63. The second-order valence-electron chi connectivity index (χ2n) is 4.21. The molecule has 0 aromatic rings. The summed E-state index contributed by atoms with van der Waals surface area (Å²) in [5.74, 6) is -0.0328. The molecule has 92 valence electrons. The summed E-state index contributed by atoms with van der Waals surface area (Å²) in [4.78, 5) is 22.7. The number of nitrogens with one attached hydrogen (secondary N) is 2. The quantitative estimate of drug-likeness (QED) is 0.667. The van der Waals surface area contributed by atoms with Crippen LogP contribution in [0.5, 0.6) is 0 Å². The zero-order valence-electron chi connectivity index (χ0n) is 9.91. The number of esters is 1. The van der Waals surface area contributed by atoms with Gasteiger partial charge in [0.2, 0.25) is 5.91 Å². The van der Waals surface area contributed by atoms with Gasteiger partial charge in [0.15, 0.2) is 0 Å². The average molecular weight is 228 g/mol. The number of hydrogen-bond acceptors (Lipinski definition) is 4. The first kappa shape index (κ1) is 13.0. The molecule has 0 aromatic heterocycles. The van der Waals surface area contributed by atoms with E-state index in [2.05, 4.69) is 15.4 Å². The molecule has 5 heteroatoms. The lowest BCUT2D eigenvalue weighted by Gasteiger charge is -2.22. The number of carbonyl (C=O) groups is 2. The van der Waals surface area contributed by atoms with Crippen molar-refractivity contribution in [2.45, 2.75) is 32.2 Å². The molecule has 1 aliphatic rings. The highest BCUT2D eigenvalue weighted by atomic mass is 16.5. The van der Waals surface area contributed by atoms with Crippen LogP contribution in [0.15, 0.2) is 0 Å². The van der Waals surface area contributed by atoms with Gasteiger partial charge in [-0.3, -0.25) is 4.79 Å². The Morgan fingerprint density at radius 1 is 1.44 bits per heavy atom. The van der Waals surface area contributed by atoms with Gasteiger partial charge in [0.25, 0.3) is 0 Å². The Morgan fingerprint density at radius 2 is 2.06 bits per heavy atom. The van der Waals surface area contributed by atoms with Gasteiger partial charge in [0.05, 0.1) is 7.11 Å². The van der Waals surface area contributed by atoms with Crippen LogP contribution < -0.4 is 10.6 Å². The first-order valence-corrected chi connectivity index (χ1v) is 5.71. The Hall–Kier alpha value is -1.10. The van der Waals surface area contributed by atoms with E-state index in [0.29, 0.717) is 12.3 Å². The summed E-state index contributed by atoms with van der Waals surface area (Å²) < 4.78 is 4.54. The maximum Gasteiger partial charge on any atom is 0.328 e. The molecule has 0 saturated carbocycles. The third-order valence-electron chi connectivity index (χ3n) is 2.87. The minimum absolute atomic E-state index is 0.0650. The fraction of sp³-hybridized carbons (Fsp3) is 0.818. The van der Waals surface area contributed by atoms with Gasteiger partial charge in [-0.25, -0.2) is 4.79 Å². The van der Waals surface area contributed by atoms with E-state index < -0.39 is 12.0 Å². The summed E-state index contributed by atoms with van der Waals surface area (Å²) in [6, 6.07) is -0.556. The van der Waals surface area contributed by atoms with Gasteiger partial charge in [-0.2, -0.15) is 0 Å². The van der Waals surface area contributed by atoms with Crippen molar-refractivity contribution >= 4 is 11.9 Å². The van der Waals surface area contributed by atoms with E-state index in [4.69, 9.17) is 0 Å². The van der Waals surface area contributed by atoms with Crippen molar-refractivity contribution in [2.24, 2.45) is 5.92 Å². The largest absolute Gasteiger partial charge is 0.467 e. The van der Waals surface area contributed by atoms with Gasteiger partial charge >= 0.3 is 5.97 Å². The fourth-order valence-electron chi connectivity index (χ4n) is 1.88. The second kappa shape index (κ2) is 6.48. The van der Waals surface area contributed by atoms with Crippen LogP contribution in [0.2, 0.25) is 0 Å². The van der Waals surface area contributed by atoms with Crippen LogP contribution in [0.3, 0.4) is 0 Å². The van der Waals surface area contributed by atoms with E-state index in [1.165, 1.54) is 7.11 Å². The highest BCUT2D eigenvalue weighted by Gasteiger charge is 2.20. The Morgan fingerprint density at radius 3 is 2.62 bits per heavy atom. The fourth-order valence-corrected chi connectivity index (χ4v) is 1.88. The molecule has 0 spiro atoms. The number of hydrogen-bond donors (Lipinski definition) is 2. The van der Waals surface area contributed by atoms with Crippen molar-refractivity contribution in [1.29, 1.82) is 0 Å². The number of piperidine rings is 1. The van der Waals surface area contributed by atoms with E-state index >= 15 is 0 Å². The maximum absolute atomic E-state index is 11.6. The van der Waals surface area contributed by atoms with Crippen LogP contribution in [0.1, 0.15) is 26.2 Å². The van der Waals surface area contributed by atoms with Crippen LogP contribution in [0, 0.1) is 5.92 Å². The second-order valence-corrected chi connectivity index (χ2v) is 4.21. The van der Waals surface area contributed by atoms with Gasteiger partial charge in [-0.05, 0) is 38.8 Å². The summed E-state index contributed by atoms with van der Waals surface area (Å²) in [6.07, 6.45) is 2.56. The smallest absolute Gasteiger partial charge is 0.328 e. The van der Waals surface area contributed by atoms with Crippen LogP contribution in [-0.2, 0) is 14.3 Å². The van der Waals surface area contributed by atoms with Crippen molar-refractivity contribution in [3.8, 4) is 0 Å². The third kappa shape index (κ3) is 4.18. The van der Waals surface area contributed by atoms with Crippen molar-refractivity contribution < 1.29 is 14.3 Å². The Kier molecular flexibility index (Phi) is 5.25. The zero-order valence-corrected chi connectivity index (χ0v) is 9.91. The molecule has 2 N–H and O–H groups in total. The van der Waals surface area contributed by atoms with Crippen LogP contribution >= 0.6 is 0 Å². The predicted molar refractivity (Wildman–Crippen MR) is 59.8 cm³/mol. The highest BCUT2D eigenvalue weighted by molar-refractivity contribution is 5.84. The summed E-state index contributed by atoms with van der Waals surface area (Å²) in [6.45, 7) is 3.58. The predicted octanol–water partition coefficient (Wildman–Crippen LogP) is 0.0538. The molecule has 1 rings (SSSR count). The molecule has 1 saturated heterocycles. The SMILES string of the molecule is COC(=O)C(C)NC(=O)CC1CCNCC1. The van der Waals surface area contributed by atoms with Gasteiger partial charge < -0.3 is 15.4 Å². The number of methoxy groups -OCH3 is 1. The summed E-state index contributed by atoms with van der Waals surface area (Å²) in [5.41, 5.74) is 0. The van der Waals surface area contributed by atoms with Crippen LogP contribution in [0.25, 0.3) is 0 Å². The first-order valence-electron chi connectivity index (χ1n) is 5.71. The molecule has 0 bridgehead atoms. The molecule has 0 aliphatic carbocycles. The number of rotatable bonds is 4. The molecule has 1 atom stereocenters. The minimum Gasteiger partial charge on any atom is -0.467 e. The Bertz CT molecular complexity index is 250. The molecule has 0 radical (unpaired) electrons. The van der Waals surface area contributed by atoms with E-state index in [-0.39, 0.29) is 5.91 Å². The molecule has 1 aliphatic heterocycles. The minimum atomic E-state index is -0.556. The topological polar surface area (TPSA) is 67.4 Å². The Labute approximate surface area is 95.9 Å². The molecule has 1 amide bonds. The number of carbonyl (C=O) groups excluding carboxylic acids is 2. The van der Waals surface area contributed by atoms with E-state index in [1.807, 2.05) is 0 Å². The van der Waals surface area contributed by atoms with E-state index in [9.17, 15) is 9.59 Å². The monoisotopic (exact) mass is 228 g/mol. The highest BCUT2D eigenvalue weighted by Crippen LogP contribution is 2.15. The molecular weight excluding hydrogens is 208 g/mol. The number of amides is 1. The summed E-state index contributed by atoms with van der Waals surface area (Å²) in [5, 5.41) is 5.89. The maximum atomic E-state index is 11.6.